The molecule has 0 unspecified atom stereocenters. The molecular weight excluding hydrogens is 400 g/mol. The first kappa shape index (κ1) is 20.5. The summed E-state index contributed by atoms with van der Waals surface area (Å²) in [5.41, 5.74) is 1.14. The summed E-state index contributed by atoms with van der Waals surface area (Å²) in [6.07, 6.45) is 2.15. The summed E-state index contributed by atoms with van der Waals surface area (Å²) in [7, 11) is 7.07. The molecule has 0 amide bonds. The van der Waals surface area contributed by atoms with E-state index in [1.165, 1.54) is 0 Å². The first-order valence-corrected chi connectivity index (χ1v) is 9.22. The van der Waals surface area contributed by atoms with Crippen LogP contribution in [0.2, 0.25) is 0 Å². The number of halogens is 1. The van der Waals surface area contributed by atoms with Gasteiger partial charge >= 0.3 is 0 Å². The lowest BCUT2D eigenvalue weighted by molar-refractivity contribution is -0.124. The molecule has 2 rings (SSSR count). The van der Waals surface area contributed by atoms with Crippen LogP contribution < -0.4 is 14.8 Å². The number of nitrogens with zero attached hydrogens (tertiary/aromatic N) is 1. The number of hydrogen-bond acceptors (Lipinski definition) is 6. The lowest BCUT2D eigenvalue weighted by Gasteiger charge is -2.24. The second kappa shape index (κ2) is 9.19. The summed E-state index contributed by atoms with van der Waals surface area (Å²) < 4.78 is 11.4. The smallest absolute Gasteiger partial charge is 0.168 e. The second-order valence-electron chi connectivity index (χ2n) is 6.50. The summed E-state index contributed by atoms with van der Waals surface area (Å²) in [4.78, 5) is 27.0. The van der Waals surface area contributed by atoms with Crippen LogP contribution >= 0.6 is 15.9 Å². The van der Waals surface area contributed by atoms with Crippen molar-refractivity contribution in [2.75, 3.05) is 41.4 Å². The van der Waals surface area contributed by atoms with Crippen LogP contribution in [0.3, 0.4) is 0 Å². The number of ketones is 2. The number of methoxy groups -OCH3 is 2. The number of carbonyl (C=O) groups is 2. The van der Waals surface area contributed by atoms with E-state index in [0.717, 1.165) is 16.6 Å². The van der Waals surface area contributed by atoms with Gasteiger partial charge in [0.05, 0.1) is 19.8 Å². The van der Waals surface area contributed by atoms with Gasteiger partial charge in [-0.05, 0) is 37.7 Å². The highest BCUT2D eigenvalue weighted by molar-refractivity contribution is 9.10. The highest BCUT2D eigenvalue weighted by Crippen LogP contribution is 2.41. The Balaban J connectivity index is 2.15. The molecule has 6 nitrogen and oxygen atoms in total. The van der Waals surface area contributed by atoms with Crippen LogP contribution in [0.5, 0.6) is 11.5 Å². The molecule has 0 saturated heterocycles. The molecule has 0 aromatic heterocycles. The topological polar surface area (TPSA) is 67.9 Å². The lowest BCUT2D eigenvalue weighted by atomic mass is 9.80. The zero-order chi connectivity index (χ0) is 19.3. The predicted octanol–water partition coefficient (Wildman–Crippen LogP) is 2.52. The molecule has 142 valence electrons. The van der Waals surface area contributed by atoms with Crippen molar-refractivity contribution < 1.29 is 19.1 Å². The molecule has 1 N–H and O–H groups in total. The Hall–Kier alpha value is -1.86. The zero-order valence-corrected chi connectivity index (χ0v) is 17.2. The third-order valence-corrected chi connectivity index (χ3v) is 5.04. The molecule has 0 bridgehead atoms. The Kier molecular flexibility index (Phi) is 7.23. The van der Waals surface area contributed by atoms with E-state index < -0.39 is 0 Å². The highest BCUT2D eigenvalue weighted by atomic mass is 79.9. The molecule has 1 fully saturated rings. The SMILES string of the molecule is COc1cc(Br)c(C2CC(=O)C(=CNCCN(C)C)C(=O)C2)cc1OC. The van der Waals surface area contributed by atoms with Crippen molar-refractivity contribution in [2.45, 2.75) is 18.8 Å². The van der Waals surface area contributed by atoms with E-state index in [2.05, 4.69) is 21.2 Å². The monoisotopic (exact) mass is 424 g/mol. The average molecular weight is 425 g/mol. The van der Waals surface area contributed by atoms with Gasteiger partial charge in [0.15, 0.2) is 23.1 Å². The molecule has 26 heavy (non-hydrogen) atoms. The summed E-state index contributed by atoms with van der Waals surface area (Å²) in [5.74, 6) is 0.734. The van der Waals surface area contributed by atoms with Gasteiger partial charge in [-0.3, -0.25) is 9.59 Å². The number of Topliss-reactive ketones (excluding diaryl/α,β-unsaturated/α-hetero) is 2. The van der Waals surface area contributed by atoms with Crippen LogP contribution in [-0.2, 0) is 9.59 Å². The van der Waals surface area contributed by atoms with Crippen LogP contribution in [0.4, 0.5) is 0 Å². The number of nitrogens with one attached hydrogen (secondary N) is 1. The second-order valence-corrected chi connectivity index (χ2v) is 7.35. The largest absolute Gasteiger partial charge is 0.493 e. The zero-order valence-electron chi connectivity index (χ0n) is 15.6. The first-order chi connectivity index (χ1) is 12.4. The molecule has 0 aliphatic heterocycles. The van der Waals surface area contributed by atoms with Gasteiger partial charge in [0.1, 0.15) is 0 Å². The predicted molar refractivity (Wildman–Crippen MR) is 104 cm³/mol. The molecule has 1 saturated carbocycles. The number of likely N-dealkylation sites (N-methyl/N-ethyl adjacent to an activating group) is 1. The van der Waals surface area contributed by atoms with E-state index in [1.54, 1.807) is 26.5 Å². The van der Waals surface area contributed by atoms with E-state index in [0.29, 0.717) is 30.9 Å². The molecule has 1 aromatic rings. The van der Waals surface area contributed by atoms with Gasteiger partial charge in [-0.15, -0.1) is 0 Å². The average Bonchev–Trinajstić information content (AvgIpc) is 2.59. The summed E-state index contributed by atoms with van der Waals surface area (Å²) >= 11 is 3.52. The summed E-state index contributed by atoms with van der Waals surface area (Å²) in [6, 6.07) is 3.63. The number of hydrogen-bond donors (Lipinski definition) is 1. The molecule has 1 aliphatic carbocycles. The molecule has 0 heterocycles. The maximum atomic E-state index is 12.5. The molecule has 0 spiro atoms. The van der Waals surface area contributed by atoms with E-state index in [9.17, 15) is 9.59 Å². The van der Waals surface area contributed by atoms with Gasteiger partial charge in [-0.2, -0.15) is 0 Å². The number of ether oxygens (including phenoxy) is 2. The highest BCUT2D eigenvalue weighted by Gasteiger charge is 2.32. The van der Waals surface area contributed by atoms with Crippen LogP contribution in [0.25, 0.3) is 0 Å². The normalized spacial score (nSPS) is 17.5. The Morgan fingerprint density at radius 1 is 1.15 bits per heavy atom. The Morgan fingerprint density at radius 2 is 1.73 bits per heavy atom. The molecule has 1 aromatic carbocycles. The third kappa shape index (κ3) is 4.86. The van der Waals surface area contributed by atoms with E-state index in [1.807, 2.05) is 25.1 Å². The first-order valence-electron chi connectivity index (χ1n) is 8.43. The van der Waals surface area contributed by atoms with Gasteiger partial charge < -0.3 is 19.7 Å². The number of allylic oxidation sites excluding steroid dienone is 1. The molecular formula is C19H25BrN2O4. The maximum absolute atomic E-state index is 12.5. The summed E-state index contributed by atoms with van der Waals surface area (Å²) in [5, 5.41) is 3.06. The van der Waals surface area contributed by atoms with Gasteiger partial charge in [-0.1, -0.05) is 15.9 Å². The maximum Gasteiger partial charge on any atom is 0.168 e. The lowest BCUT2D eigenvalue weighted by Crippen LogP contribution is -2.28. The summed E-state index contributed by atoms with van der Waals surface area (Å²) in [6.45, 7) is 1.51. The van der Waals surface area contributed by atoms with Crippen molar-refractivity contribution in [1.29, 1.82) is 0 Å². The van der Waals surface area contributed by atoms with Crippen molar-refractivity contribution in [3.63, 3.8) is 0 Å². The fourth-order valence-corrected chi connectivity index (χ4v) is 3.57. The molecule has 7 heteroatoms. The number of carbonyl (C=O) groups excluding carboxylic acids is 2. The van der Waals surface area contributed by atoms with Crippen molar-refractivity contribution in [2.24, 2.45) is 0 Å². The Labute approximate surface area is 162 Å². The molecule has 0 atom stereocenters. The van der Waals surface area contributed by atoms with Gasteiger partial charge in [-0.25, -0.2) is 0 Å². The van der Waals surface area contributed by atoms with Crippen LogP contribution in [-0.4, -0.2) is 57.9 Å². The van der Waals surface area contributed by atoms with Gasteiger partial charge in [0.2, 0.25) is 0 Å². The minimum Gasteiger partial charge on any atom is -0.493 e. The fourth-order valence-electron chi connectivity index (χ4n) is 2.92. The number of rotatable bonds is 7. The van der Waals surface area contributed by atoms with Crippen molar-refractivity contribution >= 4 is 27.5 Å². The minimum absolute atomic E-state index is 0.134. The van der Waals surface area contributed by atoms with Gasteiger partial charge in [0.25, 0.3) is 0 Å². The van der Waals surface area contributed by atoms with E-state index >= 15 is 0 Å². The Bertz CT molecular complexity index is 696. The fraction of sp³-hybridized carbons (Fsp3) is 0.474. The van der Waals surface area contributed by atoms with Crippen LogP contribution in [0.15, 0.2) is 28.4 Å². The van der Waals surface area contributed by atoms with Crippen molar-refractivity contribution in [3.8, 4) is 11.5 Å². The Morgan fingerprint density at radius 3 is 2.27 bits per heavy atom. The molecule has 1 aliphatic rings. The number of benzene rings is 1. The standard InChI is InChI=1S/C19H25BrN2O4/c1-22(2)6-5-21-11-14-16(23)7-12(8-17(14)24)13-9-18(25-3)19(26-4)10-15(13)20/h9-12,21H,5-8H2,1-4H3. The molecule has 0 radical (unpaired) electrons. The van der Waals surface area contributed by atoms with Gasteiger partial charge in [0, 0.05) is 36.6 Å². The van der Waals surface area contributed by atoms with Crippen molar-refractivity contribution in [1.82, 2.24) is 10.2 Å². The van der Waals surface area contributed by atoms with E-state index in [4.69, 9.17) is 9.47 Å². The van der Waals surface area contributed by atoms with Crippen LogP contribution in [0.1, 0.15) is 24.3 Å². The van der Waals surface area contributed by atoms with Crippen LogP contribution in [0, 0.1) is 0 Å². The quantitative estimate of drug-likeness (QED) is 0.412. The minimum atomic E-state index is -0.178. The van der Waals surface area contributed by atoms with E-state index in [-0.39, 0.29) is 23.1 Å². The van der Waals surface area contributed by atoms with Crippen molar-refractivity contribution in [3.05, 3.63) is 33.9 Å². The third-order valence-electron chi connectivity index (χ3n) is 4.36.